The van der Waals surface area contributed by atoms with Crippen molar-refractivity contribution in [1.29, 1.82) is 0 Å². The molecule has 110 valence electrons. The number of likely N-dealkylation sites (N-methyl/N-ethyl adjacent to an activating group) is 2. The zero-order valence-corrected chi connectivity index (χ0v) is 12.2. The Morgan fingerprint density at radius 3 is 2.63 bits per heavy atom. The summed E-state index contributed by atoms with van der Waals surface area (Å²) in [6.07, 6.45) is 3.23. The lowest BCUT2D eigenvalue weighted by Gasteiger charge is -2.35. The quantitative estimate of drug-likeness (QED) is 0.734. The van der Waals surface area contributed by atoms with Crippen LogP contribution in [-0.2, 0) is 4.79 Å². The van der Waals surface area contributed by atoms with E-state index in [-0.39, 0.29) is 0 Å². The summed E-state index contributed by atoms with van der Waals surface area (Å²) in [6.45, 7) is 7.50. The van der Waals surface area contributed by atoms with Gasteiger partial charge in [-0.2, -0.15) is 0 Å². The number of carbonyl (C=O) groups is 1. The Morgan fingerprint density at radius 1 is 1.32 bits per heavy atom. The van der Waals surface area contributed by atoms with Crippen LogP contribution in [0.4, 0.5) is 0 Å². The Hall–Kier alpha value is -0.650. The summed E-state index contributed by atoms with van der Waals surface area (Å²) in [7, 11) is 2.14. The van der Waals surface area contributed by atoms with E-state index in [1.165, 1.54) is 0 Å². The lowest BCUT2D eigenvalue weighted by Crippen LogP contribution is -2.61. The smallest absolute Gasteiger partial charge is 0.325 e. The first kappa shape index (κ1) is 14.8. The molecule has 2 fully saturated rings. The van der Waals surface area contributed by atoms with Gasteiger partial charge in [0.1, 0.15) is 5.54 Å². The van der Waals surface area contributed by atoms with E-state index in [0.29, 0.717) is 12.5 Å². The summed E-state index contributed by atoms with van der Waals surface area (Å²) in [4.78, 5) is 16.5. The topological polar surface area (TPSA) is 55.8 Å². The predicted octanol–water partition coefficient (Wildman–Crippen LogP) is 0.467. The van der Waals surface area contributed by atoms with E-state index in [4.69, 9.17) is 0 Å². The predicted molar refractivity (Wildman–Crippen MR) is 75.3 cm³/mol. The number of aliphatic carboxylic acids is 1. The Balaban J connectivity index is 2.04. The highest BCUT2D eigenvalue weighted by Crippen LogP contribution is 2.40. The maximum atomic E-state index is 11.8. The zero-order valence-electron chi connectivity index (χ0n) is 12.2. The van der Waals surface area contributed by atoms with Crippen molar-refractivity contribution in [2.24, 2.45) is 5.92 Å². The van der Waals surface area contributed by atoms with E-state index < -0.39 is 11.5 Å². The second kappa shape index (κ2) is 6.20. The molecule has 1 aliphatic heterocycles. The second-order valence-electron chi connectivity index (χ2n) is 6.01. The fourth-order valence-electron chi connectivity index (χ4n) is 3.15. The summed E-state index contributed by atoms with van der Waals surface area (Å²) in [5.74, 6) is -0.361. The van der Waals surface area contributed by atoms with Crippen LogP contribution < -0.4 is 5.32 Å². The molecular formula is C14H27N3O2. The molecule has 0 amide bonds. The van der Waals surface area contributed by atoms with E-state index in [0.717, 1.165) is 52.0 Å². The maximum Gasteiger partial charge on any atom is 0.325 e. The van der Waals surface area contributed by atoms with E-state index in [9.17, 15) is 9.90 Å². The van der Waals surface area contributed by atoms with Gasteiger partial charge in [-0.3, -0.25) is 9.69 Å². The van der Waals surface area contributed by atoms with Gasteiger partial charge in [-0.25, -0.2) is 0 Å². The minimum Gasteiger partial charge on any atom is -0.480 e. The highest BCUT2D eigenvalue weighted by atomic mass is 16.4. The molecule has 5 heteroatoms. The zero-order chi connectivity index (χ0) is 13.9. The van der Waals surface area contributed by atoms with Gasteiger partial charge in [0.2, 0.25) is 0 Å². The second-order valence-corrected chi connectivity index (χ2v) is 6.01. The first-order valence-corrected chi connectivity index (χ1v) is 7.48. The molecule has 2 N–H and O–H groups in total. The van der Waals surface area contributed by atoms with Gasteiger partial charge in [0.05, 0.1) is 0 Å². The normalized spacial score (nSPS) is 25.8. The number of rotatable bonds is 6. The highest BCUT2D eigenvalue weighted by molar-refractivity contribution is 5.80. The van der Waals surface area contributed by atoms with Crippen molar-refractivity contribution in [3.8, 4) is 0 Å². The molecule has 1 atom stereocenters. The molecule has 1 heterocycles. The van der Waals surface area contributed by atoms with Crippen molar-refractivity contribution < 1.29 is 9.90 Å². The van der Waals surface area contributed by atoms with Crippen LogP contribution in [0.3, 0.4) is 0 Å². The van der Waals surface area contributed by atoms with Gasteiger partial charge in [0.25, 0.3) is 0 Å². The first-order chi connectivity index (χ1) is 9.08. The lowest BCUT2D eigenvalue weighted by atomic mass is 9.92. The third-order valence-electron chi connectivity index (χ3n) is 4.43. The minimum absolute atomic E-state index is 0.311. The van der Waals surface area contributed by atoms with E-state index in [1.54, 1.807) is 0 Å². The van der Waals surface area contributed by atoms with Crippen LogP contribution in [-0.4, -0.2) is 72.7 Å². The van der Waals surface area contributed by atoms with Gasteiger partial charge in [-0.05, 0) is 51.9 Å². The van der Waals surface area contributed by atoms with Gasteiger partial charge >= 0.3 is 5.97 Å². The molecule has 2 aliphatic rings. The largest absolute Gasteiger partial charge is 0.480 e. The molecule has 2 rings (SSSR count). The number of nitrogens with one attached hydrogen (secondary N) is 1. The third kappa shape index (κ3) is 3.46. The monoisotopic (exact) mass is 269 g/mol. The molecule has 19 heavy (non-hydrogen) atoms. The fourth-order valence-corrected chi connectivity index (χ4v) is 3.15. The Morgan fingerprint density at radius 2 is 2.05 bits per heavy atom. The van der Waals surface area contributed by atoms with Crippen molar-refractivity contribution in [3.05, 3.63) is 0 Å². The van der Waals surface area contributed by atoms with E-state index in [2.05, 4.69) is 22.2 Å². The number of carboxylic acids is 1. The van der Waals surface area contributed by atoms with Gasteiger partial charge in [-0.15, -0.1) is 0 Å². The first-order valence-electron chi connectivity index (χ1n) is 7.48. The molecular weight excluding hydrogens is 242 g/mol. The Kier molecular flexibility index (Phi) is 4.81. The van der Waals surface area contributed by atoms with Gasteiger partial charge in [-0.1, -0.05) is 6.92 Å². The number of hydrogen-bond acceptors (Lipinski definition) is 4. The van der Waals surface area contributed by atoms with E-state index >= 15 is 0 Å². The molecule has 1 saturated carbocycles. The molecule has 0 aromatic heterocycles. The summed E-state index contributed by atoms with van der Waals surface area (Å²) in [5.41, 5.74) is -0.725. The van der Waals surface area contributed by atoms with Gasteiger partial charge in [0.15, 0.2) is 0 Å². The van der Waals surface area contributed by atoms with Crippen LogP contribution in [0.2, 0.25) is 0 Å². The van der Waals surface area contributed by atoms with Crippen LogP contribution in [0.5, 0.6) is 0 Å². The average Bonchev–Trinajstić information content (AvgIpc) is 3.17. The highest BCUT2D eigenvalue weighted by Gasteiger charge is 2.51. The number of hydrogen-bond donors (Lipinski definition) is 2. The molecule has 1 saturated heterocycles. The standard InChI is InChI=1S/C14H27N3O2/c1-3-15-14(13(18)19,12-5-6-12)11-17-8-4-7-16(2)9-10-17/h12,15H,3-11H2,1-2H3,(H,18,19). The van der Waals surface area contributed by atoms with E-state index in [1.807, 2.05) is 6.92 Å². The lowest BCUT2D eigenvalue weighted by molar-refractivity contribution is -0.147. The van der Waals surface area contributed by atoms with Crippen LogP contribution >= 0.6 is 0 Å². The maximum absolute atomic E-state index is 11.8. The van der Waals surface area contributed by atoms with Crippen LogP contribution in [0.25, 0.3) is 0 Å². The van der Waals surface area contributed by atoms with Crippen molar-refractivity contribution in [2.75, 3.05) is 46.3 Å². The number of nitrogens with zero attached hydrogens (tertiary/aromatic N) is 2. The van der Waals surface area contributed by atoms with Crippen molar-refractivity contribution >= 4 is 5.97 Å². The fraction of sp³-hybridized carbons (Fsp3) is 0.929. The van der Waals surface area contributed by atoms with Crippen LogP contribution in [0.1, 0.15) is 26.2 Å². The Labute approximate surface area is 115 Å². The molecule has 1 unspecified atom stereocenters. The van der Waals surface area contributed by atoms with Gasteiger partial charge < -0.3 is 15.3 Å². The molecule has 1 aliphatic carbocycles. The summed E-state index contributed by atoms with van der Waals surface area (Å²) >= 11 is 0. The van der Waals surface area contributed by atoms with Gasteiger partial charge in [0, 0.05) is 19.6 Å². The molecule has 0 radical (unpaired) electrons. The van der Waals surface area contributed by atoms with Crippen molar-refractivity contribution in [2.45, 2.75) is 31.7 Å². The summed E-state index contributed by atoms with van der Waals surface area (Å²) < 4.78 is 0. The average molecular weight is 269 g/mol. The SMILES string of the molecule is CCNC(CN1CCCN(C)CC1)(C(=O)O)C1CC1. The van der Waals surface area contributed by atoms with Crippen LogP contribution in [0, 0.1) is 5.92 Å². The summed E-state index contributed by atoms with van der Waals surface area (Å²) in [5, 5.41) is 13.0. The minimum atomic E-state index is -0.725. The Bertz CT molecular complexity index is 320. The molecule has 0 aromatic rings. The van der Waals surface area contributed by atoms with Crippen molar-refractivity contribution in [3.63, 3.8) is 0 Å². The summed E-state index contributed by atoms with van der Waals surface area (Å²) in [6, 6.07) is 0. The molecule has 0 aromatic carbocycles. The molecule has 5 nitrogen and oxygen atoms in total. The molecule has 0 spiro atoms. The van der Waals surface area contributed by atoms with Crippen LogP contribution in [0.15, 0.2) is 0 Å². The van der Waals surface area contributed by atoms with Crippen molar-refractivity contribution in [1.82, 2.24) is 15.1 Å². The third-order valence-corrected chi connectivity index (χ3v) is 4.43. The number of carboxylic acid groups (broad SMARTS) is 1. The molecule has 0 bridgehead atoms.